The molecule has 0 radical (unpaired) electrons. The second-order valence-electron chi connectivity index (χ2n) is 5.53. The van der Waals surface area contributed by atoms with E-state index in [9.17, 15) is 9.59 Å². The Hall–Kier alpha value is -3.02. The van der Waals surface area contributed by atoms with Crippen molar-refractivity contribution in [1.29, 1.82) is 0 Å². The maximum Gasteiger partial charge on any atom is 0.408 e. The number of rotatable bonds is 8. The summed E-state index contributed by atoms with van der Waals surface area (Å²) in [4.78, 5) is 25.8. The Kier molecular flexibility index (Phi) is 8.57. The number of alkyl carbamates (subject to hydrolysis) is 1. The quantitative estimate of drug-likeness (QED) is 0.707. The standard InChI is InChI=1S/C19H25N3O3/c1-4-8-16(11-12-20)14-25-19(24)21-17(18(23)22(2)3)13-15-9-6-5-7-10-15/h4-12,17H,1,13-14,20H2,2-3H3,(H,21,24)/b12-11-,16-8+/t17-/m0/s1. The number of nitrogens with one attached hydrogen (secondary N) is 1. The molecular formula is C19H25N3O3. The van der Waals surface area contributed by atoms with E-state index >= 15 is 0 Å². The predicted octanol–water partition coefficient (Wildman–Crippen LogP) is 2.00. The highest BCUT2D eigenvalue weighted by Crippen LogP contribution is 2.06. The van der Waals surface area contributed by atoms with Crippen LogP contribution in [0.4, 0.5) is 4.79 Å². The zero-order valence-electron chi connectivity index (χ0n) is 14.6. The van der Waals surface area contributed by atoms with Crippen molar-refractivity contribution in [1.82, 2.24) is 10.2 Å². The molecule has 1 aromatic rings. The molecule has 0 spiro atoms. The summed E-state index contributed by atoms with van der Waals surface area (Å²) in [7, 11) is 3.29. The van der Waals surface area contributed by atoms with Crippen LogP contribution in [0.5, 0.6) is 0 Å². The number of allylic oxidation sites excluding steroid dienone is 2. The summed E-state index contributed by atoms with van der Waals surface area (Å²) >= 11 is 0. The molecule has 0 fully saturated rings. The smallest absolute Gasteiger partial charge is 0.408 e. The lowest BCUT2D eigenvalue weighted by Gasteiger charge is -2.21. The molecule has 0 saturated carbocycles. The largest absolute Gasteiger partial charge is 0.445 e. The number of carbonyl (C=O) groups excluding carboxylic acids is 2. The van der Waals surface area contributed by atoms with Gasteiger partial charge in [-0.2, -0.15) is 0 Å². The lowest BCUT2D eigenvalue weighted by Crippen LogP contribution is -2.47. The molecule has 0 bridgehead atoms. The number of ether oxygens (including phenoxy) is 1. The van der Waals surface area contributed by atoms with Gasteiger partial charge >= 0.3 is 6.09 Å². The Bertz CT molecular complexity index is 637. The summed E-state index contributed by atoms with van der Waals surface area (Å²) in [6.07, 6.45) is 5.93. The lowest BCUT2D eigenvalue weighted by atomic mass is 10.1. The topological polar surface area (TPSA) is 84.7 Å². The third kappa shape index (κ3) is 7.39. The molecule has 0 heterocycles. The van der Waals surface area contributed by atoms with E-state index in [2.05, 4.69) is 11.9 Å². The highest BCUT2D eigenvalue weighted by Gasteiger charge is 2.23. The van der Waals surface area contributed by atoms with E-state index in [1.54, 1.807) is 32.3 Å². The minimum absolute atomic E-state index is 0.0275. The minimum atomic E-state index is -0.707. The average Bonchev–Trinajstić information content (AvgIpc) is 2.59. The van der Waals surface area contributed by atoms with Crippen LogP contribution in [-0.4, -0.2) is 43.6 Å². The fourth-order valence-corrected chi connectivity index (χ4v) is 2.12. The predicted molar refractivity (Wildman–Crippen MR) is 98.7 cm³/mol. The zero-order valence-corrected chi connectivity index (χ0v) is 14.6. The number of hydrogen-bond acceptors (Lipinski definition) is 4. The molecule has 2 amide bonds. The van der Waals surface area contributed by atoms with Gasteiger partial charge in [-0.25, -0.2) is 4.79 Å². The van der Waals surface area contributed by atoms with E-state index in [0.717, 1.165) is 5.56 Å². The van der Waals surface area contributed by atoms with Crippen molar-refractivity contribution in [3.63, 3.8) is 0 Å². The van der Waals surface area contributed by atoms with Crippen molar-refractivity contribution in [2.75, 3.05) is 20.7 Å². The number of amides is 2. The summed E-state index contributed by atoms with van der Waals surface area (Å²) < 4.78 is 5.16. The second-order valence-corrected chi connectivity index (χ2v) is 5.53. The van der Waals surface area contributed by atoms with Crippen molar-refractivity contribution in [2.24, 2.45) is 5.73 Å². The number of nitrogens with zero attached hydrogens (tertiary/aromatic N) is 1. The van der Waals surface area contributed by atoms with Crippen molar-refractivity contribution in [3.05, 3.63) is 72.5 Å². The van der Waals surface area contributed by atoms with Crippen molar-refractivity contribution < 1.29 is 14.3 Å². The van der Waals surface area contributed by atoms with E-state index < -0.39 is 12.1 Å². The molecule has 0 aromatic heterocycles. The summed E-state index contributed by atoms with van der Waals surface area (Å²) in [5, 5.41) is 2.63. The van der Waals surface area contributed by atoms with Crippen LogP contribution in [0.2, 0.25) is 0 Å². The van der Waals surface area contributed by atoms with Gasteiger partial charge in [-0.15, -0.1) is 0 Å². The number of benzene rings is 1. The van der Waals surface area contributed by atoms with Gasteiger partial charge in [0.2, 0.25) is 5.91 Å². The number of likely N-dealkylation sites (N-methyl/N-ethyl adjacent to an activating group) is 1. The SMILES string of the molecule is C=C/C=C(\C=C/N)COC(=O)N[C@@H](Cc1ccccc1)C(=O)N(C)C. The first-order chi connectivity index (χ1) is 12.0. The molecule has 6 heteroatoms. The van der Waals surface area contributed by atoms with Crippen LogP contribution in [0.15, 0.2) is 66.9 Å². The third-order valence-corrected chi connectivity index (χ3v) is 3.33. The van der Waals surface area contributed by atoms with E-state index in [-0.39, 0.29) is 12.5 Å². The van der Waals surface area contributed by atoms with Crippen LogP contribution in [0, 0.1) is 0 Å². The Labute approximate surface area is 148 Å². The fraction of sp³-hybridized carbons (Fsp3) is 0.263. The van der Waals surface area contributed by atoms with Gasteiger partial charge in [0.25, 0.3) is 0 Å². The van der Waals surface area contributed by atoms with Crippen LogP contribution in [-0.2, 0) is 16.0 Å². The number of hydrogen-bond donors (Lipinski definition) is 2. The number of carbonyl (C=O) groups is 2. The molecule has 1 aromatic carbocycles. The molecule has 0 unspecified atom stereocenters. The van der Waals surface area contributed by atoms with Crippen molar-refractivity contribution >= 4 is 12.0 Å². The van der Waals surface area contributed by atoms with E-state index in [1.807, 2.05) is 30.3 Å². The zero-order chi connectivity index (χ0) is 18.7. The van der Waals surface area contributed by atoms with E-state index in [4.69, 9.17) is 10.5 Å². The van der Waals surface area contributed by atoms with Gasteiger partial charge in [0.1, 0.15) is 12.6 Å². The first-order valence-electron chi connectivity index (χ1n) is 7.86. The Morgan fingerprint density at radius 3 is 2.56 bits per heavy atom. The Morgan fingerprint density at radius 1 is 1.32 bits per heavy atom. The first kappa shape index (κ1) is 20.0. The van der Waals surface area contributed by atoms with Gasteiger partial charge in [-0.05, 0) is 23.4 Å². The second kappa shape index (κ2) is 10.7. The lowest BCUT2D eigenvalue weighted by molar-refractivity contribution is -0.130. The minimum Gasteiger partial charge on any atom is -0.445 e. The van der Waals surface area contributed by atoms with Crippen molar-refractivity contribution in [3.8, 4) is 0 Å². The highest BCUT2D eigenvalue weighted by atomic mass is 16.5. The average molecular weight is 343 g/mol. The van der Waals surface area contributed by atoms with Crippen LogP contribution in [0.1, 0.15) is 5.56 Å². The van der Waals surface area contributed by atoms with Crippen LogP contribution in [0.3, 0.4) is 0 Å². The van der Waals surface area contributed by atoms with Gasteiger partial charge < -0.3 is 20.7 Å². The Balaban J connectivity index is 2.73. The monoisotopic (exact) mass is 343 g/mol. The molecule has 0 aliphatic rings. The molecule has 134 valence electrons. The summed E-state index contributed by atoms with van der Waals surface area (Å²) in [6, 6.07) is 8.76. The van der Waals surface area contributed by atoms with Gasteiger partial charge in [0.05, 0.1) is 0 Å². The molecular weight excluding hydrogens is 318 g/mol. The molecule has 3 N–H and O–H groups in total. The molecule has 0 aliphatic heterocycles. The normalized spacial score (nSPS) is 12.5. The maximum atomic E-state index is 12.3. The van der Waals surface area contributed by atoms with Crippen LogP contribution in [0.25, 0.3) is 0 Å². The fourth-order valence-electron chi connectivity index (χ4n) is 2.12. The van der Waals surface area contributed by atoms with E-state index in [0.29, 0.717) is 12.0 Å². The number of nitrogens with two attached hydrogens (primary N) is 1. The van der Waals surface area contributed by atoms with Gasteiger partial charge in [0.15, 0.2) is 0 Å². The van der Waals surface area contributed by atoms with Crippen LogP contribution >= 0.6 is 0 Å². The van der Waals surface area contributed by atoms with Crippen LogP contribution < -0.4 is 11.1 Å². The third-order valence-electron chi connectivity index (χ3n) is 3.33. The van der Waals surface area contributed by atoms with Gasteiger partial charge in [0, 0.05) is 20.5 Å². The molecule has 1 atom stereocenters. The van der Waals surface area contributed by atoms with Gasteiger partial charge in [-0.1, -0.05) is 49.1 Å². The highest BCUT2D eigenvalue weighted by molar-refractivity contribution is 5.85. The summed E-state index contributed by atoms with van der Waals surface area (Å²) in [5.41, 5.74) is 6.98. The molecule has 25 heavy (non-hydrogen) atoms. The van der Waals surface area contributed by atoms with Crippen molar-refractivity contribution in [2.45, 2.75) is 12.5 Å². The molecule has 6 nitrogen and oxygen atoms in total. The molecule has 0 aliphatic carbocycles. The summed E-state index contributed by atoms with van der Waals surface area (Å²) in [6.45, 7) is 3.62. The first-order valence-corrected chi connectivity index (χ1v) is 7.86. The summed E-state index contributed by atoms with van der Waals surface area (Å²) in [5.74, 6) is -0.204. The van der Waals surface area contributed by atoms with Gasteiger partial charge in [-0.3, -0.25) is 4.79 Å². The molecule has 1 rings (SSSR count). The van der Waals surface area contributed by atoms with E-state index in [1.165, 1.54) is 11.1 Å². The Morgan fingerprint density at radius 2 is 2.00 bits per heavy atom. The maximum absolute atomic E-state index is 12.3. The molecule has 0 saturated heterocycles.